The van der Waals surface area contributed by atoms with Gasteiger partial charge in [0.05, 0.1) is 5.69 Å². The smallest absolute Gasteiger partial charge is 0.374 e. The van der Waals surface area contributed by atoms with Gasteiger partial charge in [-0.3, -0.25) is 0 Å². The zero-order chi connectivity index (χ0) is 12.5. The molecule has 0 aliphatic carbocycles. The van der Waals surface area contributed by atoms with Crippen molar-refractivity contribution in [1.82, 2.24) is 5.16 Å². The van der Waals surface area contributed by atoms with Gasteiger partial charge in [-0.2, -0.15) is 0 Å². The van der Waals surface area contributed by atoms with Gasteiger partial charge in [0.2, 0.25) is 5.76 Å². The second kappa shape index (κ2) is 4.05. The number of aromatic nitrogens is 1. The largest absolute Gasteiger partial charge is 0.475 e. The van der Waals surface area contributed by atoms with Crippen LogP contribution in [0.1, 0.15) is 35.7 Å². The summed E-state index contributed by atoms with van der Waals surface area (Å²) in [6.07, 6.45) is 0. The summed E-state index contributed by atoms with van der Waals surface area (Å²) in [5, 5.41) is 12.6. The van der Waals surface area contributed by atoms with Gasteiger partial charge < -0.3 is 9.63 Å². The quantitative estimate of drug-likeness (QED) is 0.882. The third-order valence-corrected chi connectivity index (χ3v) is 2.86. The lowest BCUT2D eigenvalue weighted by molar-refractivity contribution is 0.0652. The molecule has 0 unspecified atom stereocenters. The molecule has 0 atom stereocenters. The summed E-state index contributed by atoms with van der Waals surface area (Å²) in [5.41, 5.74) is 1.30. The van der Waals surface area contributed by atoms with Crippen LogP contribution in [0.4, 0.5) is 0 Å². The molecule has 4 heteroatoms. The van der Waals surface area contributed by atoms with Gasteiger partial charge in [-0.15, -0.1) is 0 Å². The molecule has 1 aromatic heterocycles. The second-order valence-electron chi connectivity index (χ2n) is 4.37. The molecule has 1 aromatic carbocycles. The fourth-order valence-corrected chi connectivity index (χ4v) is 1.67. The highest BCUT2D eigenvalue weighted by Crippen LogP contribution is 2.30. The van der Waals surface area contributed by atoms with Crippen LogP contribution in [0, 0.1) is 0 Å². The lowest BCUT2D eigenvalue weighted by atomic mass is 9.81. The number of hydrogen-bond donors (Lipinski definition) is 1. The molecule has 0 aliphatic heterocycles. The van der Waals surface area contributed by atoms with Crippen molar-refractivity contribution in [3.05, 3.63) is 53.4 Å². The molecule has 0 aliphatic rings. The Bertz CT molecular complexity index is 529. The second-order valence-corrected chi connectivity index (χ2v) is 4.37. The molecule has 0 saturated heterocycles. The lowest BCUT2D eigenvalue weighted by Crippen LogP contribution is -2.19. The van der Waals surface area contributed by atoms with E-state index in [1.54, 1.807) is 0 Å². The Labute approximate surface area is 98.9 Å². The highest BCUT2D eigenvalue weighted by molar-refractivity contribution is 5.84. The van der Waals surface area contributed by atoms with Crippen LogP contribution in [-0.4, -0.2) is 16.2 Å². The normalized spacial score (nSPS) is 11.4. The van der Waals surface area contributed by atoms with E-state index in [0.717, 1.165) is 5.56 Å². The van der Waals surface area contributed by atoms with Gasteiger partial charge in [-0.25, -0.2) is 4.79 Å². The molecule has 0 fully saturated rings. The minimum Gasteiger partial charge on any atom is -0.475 e. The van der Waals surface area contributed by atoms with Gasteiger partial charge in [0.25, 0.3) is 0 Å². The number of carboxylic acid groups (broad SMARTS) is 1. The highest BCUT2D eigenvalue weighted by atomic mass is 16.5. The predicted molar refractivity (Wildman–Crippen MR) is 62.0 cm³/mol. The third-order valence-electron chi connectivity index (χ3n) is 2.86. The summed E-state index contributed by atoms with van der Waals surface area (Å²) in [7, 11) is 0. The number of rotatable bonds is 3. The van der Waals surface area contributed by atoms with Crippen LogP contribution in [0.3, 0.4) is 0 Å². The molecule has 2 rings (SSSR count). The molecular weight excluding hydrogens is 218 g/mol. The summed E-state index contributed by atoms with van der Waals surface area (Å²) in [5.74, 6) is -1.24. The molecule has 0 amide bonds. The van der Waals surface area contributed by atoms with E-state index in [4.69, 9.17) is 9.63 Å². The van der Waals surface area contributed by atoms with Crippen molar-refractivity contribution in [1.29, 1.82) is 0 Å². The number of carboxylic acids is 1. The van der Waals surface area contributed by atoms with E-state index in [1.165, 1.54) is 6.07 Å². The molecule has 4 nitrogen and oxygen atoms in total. The third kappa shape index (κ3) is 2.06. The average Bonchev–Trinajstić information content (AvgIpc) is 2.80. The summed E-state index contributed by atoms with van der Waals surface area (Å²) >= 11 is 0. The molecule has 2 aromatic rings. The van der Waals surface area contributed by atoms with Crippen LogP contribution in [0.2, 0.25) is 0 Å². The van der Waals surface area contributed by atoms with Gasteiger partial charge in [0.15, 0.2) is 0 Å². The minimum atomic E-state index is -1.10. The molecule has 1 heterocycles. The van der Waals surface area contributed by atoms with E-state index in [2.05, 4.69) is 5.16 Å². The molecule has 0 saturated carbocycles. The van der Waals surface area contributed by atoms with E-state index in [0.29, 0.717) is 5.69 Å². The van der Waals surface area contributed by atoms with Crippen molar-refractivity contribution in [2.45, 2.75) is 19.3 Å². The molecular formula is C13H13NO3. The first-order chi connectivity index (χ1) is 8.01. The summed E-state index contributed by atoms with van der Waals surface area (Å²) < 4.78 is 4.78. The van der Waals surface area contributed by atoms with Gasteiger partial charge in [0, 0.05) is 11.5 Å². The standard InChI is InChI=1S/C13H13NO3/c1-13(2,9-6-4-3-5-7-9)11-8-10(12(15)16)17-14-11/h3-8H,1-2H3,(H,15,16). The first kappa shape index (κ1) is 11.4. The van der Waals surface area contributed by atoms with Crippen molar-refractivity contribution in [2.75, 3.05) is 0 Å². The maximum absolute atomic E-state index is 10.7. The summed E-state index contributed by atoms with van der Waals surface area (Å²) in [6.45, 7) is 3.96. The van der Waals surface area contributed by atoms with E-state index < -0.39 is 5.97 Å². The van der Waals surface area contributed by atoms with Crippen molar-refractivity contribution in [3.63, 3.8) is 0 Å². The Morgan fingerprint density at radius 1 is 1.29 bits per heavy atom. The Hall–Kier alpha value is -2.10. The maximum Gasteiger partial charge on any atom is 0.374 e. The molecule has 0 bridgehead atoms. The van der Waals surface area contributed by atoms with E-state index >= 15 is 0 Å². The zero-order valence-electron chi connectivity index (χ0n) is 9.68. The Kier molecular flexibility index (Phi) is 2.71. The molecule has 1 N–H and O–H groups in total. The van der Waals surface area contributed by atoms with E-state index in [9.17, 15) is 4.79 Å². The summed E-state index contributed by atoms with van der Waals surface area (Å²) in [4.78, 5) is 10.7. The number of aromatic carboxylic acids is 1. The van der Waals surface area contributed by atoms with E-state index in [-0.39, 0.29) is 11.2 Å². The van der Waals surface area contributed by atoms with Crippen LogP contribution in [0.15, 0.2) is 40.9 Å². The van der Waals surface area contributed by atoms with Gasteiger partial charge in [0.1, 0.15) is 0 Å². The molecule has 0 spiro atoms. The fraction of sp³-hybridized carbons (Fsp3) is 0.231. The SMILES string of the molecule is CC(C)(c1ccccc1)c1cc(C(=O)O)on1. The van der Waals surface area contributed by atoms with Crippen LogP contribution < -0.4 is 0 Å². The number of hydrogen-bond acceptors (Lipinski definition) is 3. The van der Waals surface area contributed by atoms with Crippen molar-refractivity contribution >= 4 is 5.97 Å². The summed E-state index contributed by atoms with van der Waals surface area (Å²) in [6, 6.07) is 11.2. The Morgan fingerprint density at radius 2 is 1.94 bits per heavy atom. The first-order valence-corrected chi connectivity index (χ1v) is 5.28. The van der Waals surface area contributed by atoms with Crippen molar-refractivity contribution in [3.8, 4) is 0 Å². The minimum absolute atomic E-state index is 0.135. The molecule has 88 valence electrons. The number of benzene rings is 1. The van der Waals surface area contributed by atoms with Crippen LogP contribution in [-0.2, 0) is 5.41 Å². The van der Waals surface area contributed by atoms with Crippen molar-refractivity contribution in [2.24, 2.45) is 0 Å². The number of carbonyl (C=O) groups is 1. The predicted octanol–water partition coefficient (Wildman–Crippen LogP) is 2.70. The zero-order valence-corrected chi connectivity index (χ0v) is 9.68. The number of nitrogens with zero attached hydrogens (tertiary/aromatic N) is 1. The maximum atomic E-state index is 10.7. The fourth-order valence-electron chi connectivity index (χ4n) is 1.67. The Morgan fingerprint density at radius 3 is 2.47 bits per heavy atom. The molecule has 0 radical (unpaired) electrons. The highest BCUT2D eigenvalue weighted by Gasteiger charge is 2.28. The van der Waals surface area contributed by atoms with E-state index in [1.807, 2.05) is 44.2 Å². The van der Waals surface area contributed by atoms with Crippen LogP contribution >= 0.6 is 0 Å². The average molecular weight is 231 g/mol. The van der Waals surface area contributed by atoms with Gasteiger partial charge in [-0.1, -0.05) is 49.3 Å². The van der Waals surface area contributed by atoms with Gasteiger partial charge in [-0.05, 0) is 5.56 Å². The monoisotopic (exact) mass is 231 g/mol. The topological polar surface area (TPSA) is 63.3 Å². The van der Waals surface area contributed by atoms with Crippen molar-refractivity contribution < 1.29 is 14.4 Å². The molecule has 17 heavy (non-hydrogen) atoms. The lowest BCUT2D eigenvalue weighted by Gasteiger charge is -2.21. The van der Waals surface area contributed by atoms with Crippen LogP contribution in [0.25, 0.3) is 0 Å². The van der Waals surface area contributed by atoms with Gasteiger partial charge >= 0.3 is 5.97 Å². The van der Waals surface area contributed by atoms with Crippen LogP contribution in [0.5, 0.6) is 0 Å². The Balaban J connectivity index is 2.41. The first-order valence-electron chi connectivity index (χ1n) is 5.28.